The van der Waals surface area contributed by atoms with Crippen LogP contribution in [0.1, 0.15) is 16.7 Å². The lowest BCUT2D eigenvalue weighted by molar-refractivity contribution is 1.37. The molecule has 2 aromatic rings. The van der Waals surface area contributed by atoms with Gasteiger partial charge in [-0.05, 0) is 64.5 Å². The number of anilines is 1. The average molecular weight is 325 g/mol. The predicted octanol–water partition coefficient (Wildman–Crippen LogP) is 5.28. The second-order valence-electron chi connectivity index (χ2n) is 4.53. The monoisotopic (exact) mass is 323 g/mol. The molecule has 0 saturated heterocycles. The number of hydrogen-bond acceptors (Lipinski definition) is 1. The molecule has 0 aliphatic carbocycles. The van der Waals surface area contributed by atoms with E-state index in [1.807, 2.05) is 32.9 Å². The molecule has 0 amide bonds. The van der Waals surface area contributed by atoms with Crippen molar-refractivity contribution in [1.82, 2.24) is 0 Å². The first kappa shape index (κ1) is 13.4. The van der Waals surface area contributed by atoms with Gasteiger partial charge in [-0.2, -0.15) is 0 Å². The Bertz CT molecular complexity index is 565. The highest BCUT2D eigenvalue weighted by molar-refractivity contribution is 9.10. The van der Waals surface area contributed by atoms with Gasteiger partial charge >= 0.3 is 0 Å². The molecule has 0 unspecified atom stereocenters. The van der Waals surface area contributed by atoms with E-state index in [4.69, 9.17) is 17.3 Å². The third-order valence-corrected chi connectivity index (χ3v) is 4.70. The molecule has 94 valence electrons. The first-order chi connectivity index (χ1) is 8.43. The molecule has 0 spiro atoms. The Morgan fingerprint density at radius 3 is 2.17 bits per heavy atom. The van der Waals surface area contributed by atoms with E-state index >= 15 is 0 Å². The zero-order valence-electron chi connectivity index (χ0n) is 10.6. The van der Waals surface area contributed by atoms with E-state index in [2.05, 4.69) is 28.1 Å². The minimum Gasteiger partial charge on any atom is -0.398 e. The predicted molar refractivity (Wildman–Crippen MR) is 83.2 cm³/mol. The van der Waals surface area contributed by atoms with Gasteiger partial charge in [-0.25, -0.2) is 0 Å². The molecular formula is C15H15BrClN. The molecule has 1 nitrogen and oxygen atoms in total. The summed E-state index contributed by atoms with van der Waals surface area (Å²) in [7, 11) is 0. The molecule has 2 N–H and O–H groups in total. The van der Waals surface area contributed by atoms with Crippen LogP contribution in [0.5, 0.6) is 0 Å². The van der Waals surface area contributed by atoms with Crippen molar-refractivity contribution in [3.05, 3.63) is 50.5 Å². The fraction of sp³-hybridized carbons (Fsp3) is 0.200. The van der Waals surface area contributed by atoms with E-state index in [1.165, 1.54) is 0 Å². The molecule has 0 saturated carbocycles. The van der Waals surface area contributed by atoms with Crippen molar-refractivity contribution >= 4 is 33.2 Å². The molecule has 0 heterocycles. The van der Waals surface area contributed by atoms with E-state index in [-0.39, 0.29) is 0 Å². The quantitative estimate of drug-likeness (QED) is 0.710. The van der Waals surface area contributed by atoms with Crippen molar-refractivity contribution in [2.75, 3.05) is 5.73 Å². The molecule has 0 radical (unpaired) electrons. The molecule has 2 aromatic carbocycles. The Labute approximate surface area is 121 Å². The summed E-state index contributed by atoms with van der Waals surface area (Å²) in [5.41, 5.74) is 12.3. The number of benzene rings is 2. The third-order valence-electron chi connectivity index (χ3n) is 3.27. The first-order valence-electron chi connectivity index (χ1n) is 5.74. The number of halogens is 2. The maximum Gasteiger partial charge on any atom is 0.0494 e. The molecule has 0 aliphatic rings. The number of rotatable bonds is 1. The van der Waals surface area contributed by atoms with Crippen molar-refractivity contribution in [3.63, 3.8) is 0 Å². The minimum absolute atomic E-state index is 0.781. The van der Waals surface area contributed by atoms with Gasteiger partial charge in [0.25, 0.3) is 0 Å². The Kier molecular flexibility index (Phi) is 3.69. The van der Waals surface area contributed by atoms with E-state index in [1.54, 1.807) is 0 Å². The van der Waals surface area contributed by atoms with Crippen molar-refractivity contribution < 1.29 is 0 Å². The highest BCUT2D eigenvalue weighted by Gasteiger charge is 2.12. The van der Waals surface area contributed by atoms with Crippen LogP contribution in [0.25, 0.3) is 11.1 Å². The van der Waals surface area contributed by atoms with Crippen LogP contribution in [0.3, 0.4) is 0 Å². The molecule has 3 heteroatoms. The Balaban J connectivity index is 2.71. The van der Waals surface area contributed by atoms with Gasteiger partial charge in [0.15, 0.2) is 0 Å². The molecule has 0 aliphatic heterocycles. The van der Waals surface area contributed by atoms with Crippen LogP contribution >= 0.6 is 27.5 Å². The number of nitrogen functional groups attached to an aromatic ring is 1. The average Bonchev–Trinajstić information content (AvgIpc) is 2.35. The highest BCUT2D eigenvalue weighted by Crippen LogP contribution is 2.38. The SMILES string of the molecule is Cc1ccc(-c2ccc(C)c(Cl)c2C)c(Br)c1N. The molecule has 0 aromatic heterocycles. The fourth-order valence-electron chi connectivity index (χ4n) is 2.01. The number of nitrogens with two attached hydrogens (primary N) is 1. The minimum atomic E-state index is 0.781. The van der Waals surface area contributed by atoms with Gasteiger partial charge in [0.2, 0.25) is 0 Å². The Morgan fingerprint density at radius 1 is 0.944 bits per heavy atom. The second-order valence-corrected chi connectivity index (χ2v) is 5.70. The van der Waals surface area contributed by atoms with Crippen molar-refractivity contribution in [2.45, 2.75) is 20.8 Å². The zero-order valence-corrected chi connectivity index (χ0v) is 13.0. The third kappa shape index (κ3) is 2.15. The molecule has 2 rings (SSSR count). The second kappa shape index (κ2) is 4.94. The summed E-state index contributed by atoms with van der Waals surface area (Å²) in [5, 5.41) is 0.818. The van der Waals surface area contributed by atoms with E-state index in [0.29, 0.717) is 0 Å². The summed E-state index contributed by atoms with van der Waals surface area (Å²) in [6.07, 6.45) is 0. The summed E-state index contributed by atoms with van der Waals surface area (Å²) < 4.78 is 0.936. The van der Waals surface area contributed by atoms with Crippen molar-refractivity contribution in [2.24, 2.45) is 0 Å². The lowest BCUT2D eigenvalue weighted by atomic mass is 9.97. The van der Waals surface area contributed by atoms with Crippen LogP contribution in [-0.2, 0) is 0 Å². The van der Waals surface area contributed by atoms with Crippen LogP contribution in [0.4, 0.5) is 5.69 Å². The maximum atomic E-state index is 6.31. The largest absolute Gasteiger partial charge is 0.398 e. The lowest BCUT2D eigenvalue weighted by Gasteiger charge is -2.14. The van der Waals surface area contributed by atoms with Gasteiger partial charge in [-0.3, -0.25) is 0 Å². The number of aryl methyl sites for hydroxylation is 2. The molecule has 18 heavy (non-hydrogen) atoms. The first-order valence-corrected chi connectivity index (χ1v) is 6.91. The van der Waals surface area contributed by atoms with Gasteiger partial charge in [0.05, 0.1) is 0 Å². The van der Waals surface area contributed by atoms with Crippen molar-refractivity contribution in [1.29, 1.82) is 0 Å². The molecular weight excluding hydrogens is 310 g/mol. The fourth-order valence-corrected chi connectivity index (χ4v) is 2.83. The van der Waals surface area contributed by atoms with Crippen LogP contribution < -0.4 is 5.73 Å². The summed E-state index contributed by atoms with van der Waals surface area (Å²) >= 11 is 9.89. The van der Waals surface area contributed by atoms with Crippen LogP contribution in [0.15, 0.2) is 28.7 Å². The zero-order chi connectivity index (χ0) is 13.4. The number of hydrogen-bond donors (Lipinski definition) is 1. The molecule has 0 fully saturated rings. The van der Waals surface area contributed by atoms with Crippen LogP contribution in [0.2, 0.25) is 5.02 Å². The van der Waals surface area contributed by atoms with Gasteiger partial charge in [-0.15, -0.1) is 0 Å². The summed E-state index contributed by atoms with van der Waals surface area (Å²) in [6, 6.07) is 8.23. The topological polar surface area (TPSA) is 26.0 Å². The Morgan fingerprint density at radius 2 is 1.50 bits per heavy atom. The van der Waals surface area contributed by atoms with Gasteiger partial charge in [0.1, 0.15) is 0 Å². The van der Waals surface area contributed by atoms with Gasteiger partial charge in [0, 0.05) is 15.2 Å². The Hall–Kier alpha value is -0.990. The normalized spacial score (nSPS) is 10.7. The van der Waals surface area contributed by atoms with E-state index in [0.717, 1.165) is 43.0 Å². The maximum absolute atomic E-state index is 6.31. The summed E-state index contributed by atoms with van der Waals surface area (Å²) in [6.45, 7) is 6.05. The van der Waals surface area contributed by atoms with Gasteiger partial charge < -0.3 is 5.73 Å². The van der Waals surface area contributed by atoms with E-state index in [9.17, 15) is 0 Å². The summed E-state index contributed by atoms with van der Waals surface area (Å²) in [4.78, 5) is 0. The van der Waals surface area contributed by atoms with Crippen LogP contribution in [-0.4, -0.2) is 0 Å². The molecule has 0 atom stereocenters. The molecule has 0 bridgehead atoms. The standard InChI is InChI=1S/C15H15BrClN/c1-8-4-6-11(10(3)14(8)17)12-7-5-9(2)15(18)13(12)16/h4-7H,18H2,1-3H3. The van der Waals surface area contributed by atoms with Gasteiger partial charge in [-0.1, -0.05) is 35.9 Å². The van der Waals surface area contributed by atoms with Crippen LogP contribution in [0, 0.1) is 20.8 Å². The lowest BCUT2D eigenvalue weighted by Crippen LogP contribution is -1.95. The summed E-state index contributed by atoms with van der Waals surface area (Å²) in [5.74, 6) is 0. The highest BCUT2D eigenvalue weighted by atomic mass is 79.9. The van der Waals surface area contributed by atoms with E-state index < -0.39 is 0 Å². The smallest absolute Gasteiger partial charge is 0.0494 e. The van der Waals surface area contributed by atoms with Crippen molar-refractivity contribution in [3.8, 4) is 11.1 Å².